The van der Waals surface area contributed by atoms with Gasteiger partial charge in [-0.25, -0.2) is 0 Å². The second-order valence-corrected chi connectivity index (χ2v) is 16.9. The molecule has 0 saturated heterocycles. The number of benzene rings is 9. The van der Waals surface area contributed by atoms with E-state index in [1.807, 2.05) is 0 Å². The van der Waals surface area contributed by atoms with Crippen LogP contribution >= 0.6 is 0 Å². The maximum absolute atomic E-state index is 6.49. The van der Waals surface area contributed by atoms with Crippen LogP contribution in [0.1, 0.15) is 56.3 Å². The first-order valence-corrected chi connectivity index (χ1v) is 21.8. The number of aliphatic imine (C=N–C) groups is 1. The van der Waals surface area contributed by atoms with E-state index >= 15 is 0 Å². The molecule has 0 saturated carbocycles. The Morgan fingerprint density at radius 1 is 0.492 bits per heavy atom. The number of nitrogens with zero attached hydrogens (tertiary/aromatic N) is 1. The highest BCUT2D eigenvalue weighted by molar-refractivity contribution is 6.35. The highest BCUT2D eigenvalue weighted by Gasteiger charge is 2.30. The summed E-state index contributed by atoms with van der Waals surface area (Å²) in [6, 6.07) is 68.8. The minimum atomic E-state index is 0.0600. The second kappa shape index (κ2) is 15.2. The molecule has 1 aromatic heterocycles. The van der Waals surface area contributed by atoms with Crippen LogP contribution in [-0.2, 0) is 0 Å². The van der Waals surface area contributed by atoms with Crippen LogP contribution < -0.4 is 0 Å². The molecule has 0 aliphatic carbocycles. The van der Waals surface area contributed by atoms with Crippen molar-refractivity contribution >= 4 is 54.8 Å². The molecule has 0 bridgehead atoms. The first-order valence-electron chi connectivity index (χ1n) is 21.8. The minimum absolute atomic E-state index is 0.0600. The normalized spacial score (nSPS) is 19.3. The number of furan rings is 1. The molecular formula is C59H47NO. The van der Waals surface area contributed by atoms with Crippen LogP contribution in [0.3, 0.4) is 0 Å². The van der Waals surface area contributed by atoms with Crippen molar-refractivity contribution in [2.24, 2.45) is 16.8 Å². The SMILES string of the molecule is CCC1C/C(c2ccccc2)=C(/C)C(C)/C(c2cccc(-c3cccc(-c4ccc5c(c4)c4c(-c6ccccc6)ccc6oc7cccc5c7c64)c3)c2)=N\C1c1ccccc1. The summed E-state index contributed by atoms with van der Waals surface area (Å²) in [6.07, 6.45) is 2.05. The van der Waals surface area contributed by atoms with Crippen molar-refractivity contribution in [3.05, 3.63) is 210 Å². The molecule has 0 fully saturated rings. The van der Waals surface area contributed by atoms with E-state index in [1.165, 1.54) is 93.5 Å². The summed E-state index contributed by atoms with van der Waals surface area (Å²) in [7, 11) is 0. The molecule has 3 unspecified atom stereocenters. The van der Waals surface area contributed by atoms with Crippen molar-refractivity contribution in [3.8, 4) is 33.4 Å². The second-order valence-electron chi connectivity index (χ2n) is 16.9. The molecule has 11 rings (SSSR count). The molecular weight excluding hydrogens is 739 g/mol. The van der Waals surface area contributed by atoms with E-state index in [0.29, 0.717) is 5.92 Å². The first-order chi connectivity index (χ1) is 30.0. The smallest absolute Gasteiger partial charge is 0.136 e. The van der Waals surface area contributed by atoms with Crippen molar-refractivity contribution < 1.29 is 4.42 Å². The Bertz CT molecular complexity index is 3280. The Morgan fingerprint density at radius 2 is 1.08 bits per heavy atom. The average Bonchev–Trinajstić information content (AvgIpc) is 3.71. The average molecular weight is 786 g/mol. The molecule has 10 aromatic rings. The topological polar surface area (TPSA) is 25.5 Å². The van der Waals surface area contributed by atoms with Crippen LogP contribution in [0.25, 0.3) is 82.4 Å². The molecule has 1 aliphatic rings. The Kier molecular flexibility index (Phi) is 9.23. The summed E-state index contributed by atoms with van der Waals surface area (Å²) in [6.45, 7) is 7.01. The molecule has 1 aliphatic heterocycles. The monoisotopic (exact) mass is 785 g/mol. The number of fused-ring (bicyclic) bond motifs is 3. The third kappa shape index (κ3) is 6.37. The third-order valence-electron chi connectivity index (χ3n) is 13.5. The quantitative estimate of drug-likeness (QED) is 0.148. The Morgan fingerprint density at radius 3 is 1.79 bits per heavy atom. The van der Waals surface area contributed by atoms with Crippen LogP contribution in [0.5, 0.6) is 0 Å². The van der Waals surface area contributed by atoms with Gasteiger partial charge in [0.25, 0.3) is 0 Å². The highest BCUT2D eigenvalue weighted by atomic mass is 16.3. The van der Waals surface area contributed by atoms with E-state index in [-0.39, 0.29) is 12.0 Å². The molecule has 0 spiro atoms. The van der Waals surface area contributed by atoms with Gasteiger partial charge in [0.15, 0.2) is 0 Å². The van der Waals surface area contributed by atoms with Crippen LogP contribution in [0.4, 0.5) is 0 Å². The van der Waals surface area contributed by atoms with Crippen molar-refractivity contribution in [1.82, 2.24) is 0 Å². The zero-order chi connectivity index (χ0) is 41.0. The van der Waals surface area contributed by atoms with E-state index < -0.39 is 0 Å². The van der Waals surface area contributed by atoms with E-state index in [1.54, 1.807) is 0 Å². The summed E-state index contributed by atoms with van der Waals surface area (Å²) in [5.41, 5.74) is 16.8. The van der Waals surface area contributed by atoms with E-state index in [4.69, 9.17) is 9.41 Å². The minimum Gasteiger partial charge on any atom is -0.456 e. The Balaban J connectivity index is 1.04. The van der Waals surface area contributed by atoms with Gasteiger partial charge in [-0.05, 0) is 121 Å². The van der Waals surface area contributed by atoms with Crippen LogP contribution in [0, 0.1) is 11.8 Å². The van der Waals surface area contributed by atoms with Gasteiger partial charge in [-0.1, -0.05) is 184 Å². The van der Waals surface area contributed by atoms with Crippen molar-refractivity contribution in [2.45, 2.75) is 39.7 Å². The summed E-state index contributed by atoms with van der Waals surface area (Å²) in [5, 5.41) is 7.36. The zero-order valence-electron chi connectivity index (χ0n) is 34.9. The molecule has 3 atom stereocenters. The fraction of sp³-hybridized carbons (Fsp3) is 0.136. The summed E-state index contributed by atoms with van der Waals surface area (Å²) in [4.78, 5) is 5.78. The number of hydrogen-bond donors (Lipinski definition) is 0. The van der Waals surface area contributed by atoms with E-state index in [2.05, 4.69) is 209 Å². The predicted octanol–water partition coefficient (Wildman–Crippen LogP) is 16.4. The lowest BCUT2D eigenvalue weighted by atomic mass is 9.77. The van der Waals surface area contributed by atoms with Gasteiger partial charge in [0.05, 0.1) is 6.04 Å². The summed E-state index contributed by atoms with van der Waals surface area (Å²) >= 11 is 0. The Hall–Kier alpha value is -7.03. The van der Waals surface area contributed by atoms with Gasteiger partial charge < -0.3 is 4.42 Å². The van der Waals surface area contributed by atoms with Gasteiger partial charge in [0, 0.05) is 27.8 Å². The zero-order valence-corrected chi connectivity index (χ0v) is 34.9. The van der Waals surface area contributed by atoms with Crippen LogP contribution in [-0.4, -0.2) is 5.71 Å². The molecule has 0 N–H and O–H groups in total. The maximum Gasteiger partial charge on any atom is 0.136 e. The van der Waals surface area contributed by atoms with E-state index in [9.17, 15) is 0 Å². The van der Waals surface area contributed by atoms with Crippen LogP contribution in [0.15, 0.2) is 203 Å². The van der Waals surface area contributed by atoms with Gasteiger partial charge in [0.2, 0.25) is 0 Å². The molecule has 2 heteroatoms. The molecule has 61 heavy (non-hydrogen) atoms. The molecule has 2 nitrogen and oxygen atoms in total. The van der Waals surface area contributed by atoms with E-state index in [0.717, 1.165) is 29.7 Å². The lowest BCUT2D eigenvalue weighted by Gasteiger charge is -2.32. The fourth-order valence-electron chi connectivity index (χ4n) is 10.2. The third-order valence-corrected chi connectivity index (χ3v) is 13.5. The van der Waals surface area contributed by atoms with Crippen molar-refractivity contribution in [3.63, 3.8) is 0 Å². The fourth-order valence-corrected chi connectivity index (χ4v) is 10.2. The van der Waals surface area contributed by atoms with Crippen molar-refractivity contribution in [1.29, 1.82) is 0 Å². The molecule has 2 heterocycles. The number of hydrogen-bond acceptors (Lipinski definition) is 2. The largest absolute Gasteiger partial charge is 0.456 e. The van der Waals surface area contributed by atoms with Gasteiger partial charge >= 0.3 is 0 Å². The lowest BCUT2D eigenvalue weighted by Crippen LogP contribution is -2.23. The molecule has 0 radical (unpaired) electrons. The number of allylic oxidation sites excluding steroid dienone is 2. The Labute approximate surface area is 357 Å². The first kappa shape index (κ1) is 37.0. The molecule has 294 valence electrons. The van der Waals surface area contributed by atoms with Gasteiger partial charge in [-0.2, -0.15) is 0 Å². The lowest BCUT2D eigenvalue weighted by molar-refractivity contribution is 0.424. The van der Waals surface area contributed by atoms with Crippen LogP contribution in [0.2, 0.25) is 0 Å². The predicted molar refractivity (Wildman–Crippen MR) is 259 cm³/mol. The van der Waals surface area contributed by atoms with Crippen molar-refractivity contribution in [2.75, 3.05) is 0 Å². The number of rotatable bonds is 7. The maximum atomic E-state index is 6.49. The molecule has 0 amide bonds. The highest BCUT2D eigenvalue weighted by Crippen LogP contribution is 2.47. The van der Waals surface area contributed by atoms with Gasteiger partial charge in [-0.3, -0.25) is 4.99 Å². The van der Waals surface area contributed by atoms with Gasteiger partial charge in [-0.15, -0.1) is 0 Å². The van der Waals surface area contributed by atoms with Gasteiger partial charge in [0.1, 0.15) is 11.2 Å². The summed E-state index contributed by atoms with van der Waals surface area (Å²) in [5.74, 6) is 0.512. The summed E-state index contributed by atoms with van der Waals surface area (Å²) < 4.78 is 6.49. The molecule has 9 aromatic carbocycles. The standard InChI is InChI=1S/C59H47NO/c1-4-39-35-51(41-19-10-6-11-20-41)37(2)38(3)58(60-59(39)42-21-12-7-13-22-42)47-26-15-25-45(34-47)43-23-14-24-44(33-43)46-29-30-49-50-27-16-28-53-56(50)57-54(61-53)32-31-48(55(57)52(49)36-46)40-17-8-5-9-18-40/h5-34,36,38-39,59H,4,35H2,1-3H3/b51-37+,60-58+.